The monoisotopic (exact) mass is 575 g/mol. The zero-order valence-electron chi connectivity index (χ0n) is 21.2. The van der Waals surface area contributed by atoms with Gasteiger partial charge >= 0.3 is 6.09 Å². The number of likely N-dealkylation sites (N-methyl/N-ethyl adjacent to an activating group) is 1. The predicted molar refractivity (Wildman–Crippen MR) is 146 cm³/mol. The fourth-order valence-corrected chi connectivity index (χ4v) is 3.17. The predicted octanol–water partition coefficient (Wildman–Crippen LogP) is 2.81. The lowest BCUT2D eigenvalue weighted by Gasteiger charge is -2.33. The van der Waals surface area contributed by atoms with Crippen LogP contribution in [-0.2, 0) is 11.3 Å². The summed E-state index contributed by atoms with van der Waals surface area (Å²) in [5.74, 6) is 1.71. The van der Waals surface area contributed by atoms with Crippen molar-refractivity contribution in [2.24, 2.45) is 4.99 Å². The second kappa shape index (κ2) is 13.2. The van der Waals surface area contributed by atoms with Crippen LogP contribution in [-0.4, -0.2) is 79.4 Å². The maximum Gasteiger partial charge on any atom is 0.408 e. The van der Waals surface area contributed by atoms with E-state index in [0.29, 0.717) is 19.0 Å². The fourth-order valence-electron chi connectivity index (χ4n) is 3.17. The van der Waals surface area contributed by atoms with Gasteiger partial charge in [-0.05, 0) is 60.2 Å². The van der Waals surface area contributed by atoms with E-state index in [0.717, 1.165) is 44.1 Å². The summed E-state index contributed by atoms with van der Waals surface area (Å²) in [6, 6.07) is 4.16. The number of aliphatic imine (C=N–C) groups is 1. The molecule has 0 aromatic carbocycles. The minimum atomic E-state index is -0.530. The van der Waals surface area contributed by atoms with Gasteiger partial charge in [0, 0.05) is 45.5 Å². The van der Waals surface area contributed by atoms with Crippen molar-refractivity contribution in [3.05, 3.63) is 23.9 Å². The number of amides is 1. The lowest BCUT2D eigenvalue weighted by Crippen LogP contribution is -2.54. The Bertz CT molecular complexity index is 755. The van der Waals surface area contributed by atoms with Crippen LogP contribution in [0.1, 0.15) is 47.1 Å². The summed E-state index contributed by atoms with van der Waals surface area (Å²) in [6.07, 6.45) is 1.46. The molecule has 1 amide bonds. The largest absolute Gasteiger partial charge is 0.444 e. The normalized spacial score (nSPS) is 15.5. The average Bonchev–Trinajstić information content (AvgIpc) is 2.69. The zero-order valence-corrected chi connectivity index (χ0v) is 23.5. The van der Waals surface area contributed by atoms with Crippen LogP contribution in [0.5, 0.6) is 0 Å². The van der Waals surface area contributed by atoms with Crippen molar-refractivity contribution in [3.8, 4) is 0 Å². The van der Waals surface area contributed by atoms with Crippen molar-refractivity contribution >= 4 is 41.8 Å². The molecular formula is C23H42IN7O2. The first-order chi connectivity index (χ1) is 15.0. The van der Waals surface area contributed by atoms with E-state index in [1.165, 1.54) is 0 Å². The van der Waals surface area contributed by atoms with Crippen molar-refractivity contribution in [3.63, 3.8) is 0 Å². The number of alkyl carbamates (subject to hydrolysis) is 1. The molecule has 1 aromatic heterocycles. The number of hydrogen-bond acceptors (Lipinski definition) is 6. The number of guanidine groups is 1. The molecule has 0 atom stereocenters. The topological polar surface area (TPSA) is 94.1 Å². The number of aromatic nitrogens is 1. The standard InChI is InChI=1S/C23H41N7O2.HI/c1-8-24-20(27-17-23(5,6)28-21(31)32-22(2,3)4)26-16-18-9-10-19(25-15-18)30-13-11-29(7)12-14-30;/h9-10,15H,8,11-14,16-17H2,1-7H3,(H,28,31)(H2,24,26,27);1H. The van der Waals surface area contributed by atoms with Crippen LogP contribution in [0.25, 0.3) is 0 Å². The molecule has 0 aliphatic carbocycles. The third kappa shape index (κ3) is 11.2. The van der Waals surface area contributed by atoms with Crippen LogP contribution in [0.2, 0.25) is 0 Å². The minimum absolute atomic E-state index is 0. The van der Waals surface area contributed by atoms with E-state index in [9.17, 15) is 4.79 Å². The summed E-state index contributed by atoms with van der Waals surface area (Å²) in [6.45, 7) is 17.3. The SMILES string of the molecule is CCNC(=NCc1ccc(N2CCN(C)CC2)nc1)NCC(C)(C)NC(=O)OC(C)(C)C.I. The Kier molecular flexibility index (Phi) is 11.7. The summed E-state index contributed by atoms with van der Waals surface area (Å²) >= 11 is 0. The molecule has 188 valence electrons. The minimum Gasteiger partial charge on any atom is -0.444 e. The number of hydrogen-bond donors (Lipinski definition) is 3. The van der Waals surface area contributed by atoms with Crippen LogP contribution < -0.4 is 20.9 Å². The quantitative estimate of drug-likeness (QED) is 0.262. The summed E-state index contributed by atoms with van der Waals surface area (Å²) in [5.41, 5.74) is 0.00789. The Hall–Kier alpha value is -1.82. The van der Waals surface area contributed by atoms with Gasteiger partial charge in [-0.1, -0.05) is 6.07 Å². The number of nitrogens with zero attached hydrogens (tertiary/aromatic N) is 4. The molecule has 9 nitrogen and oxygen atoms in total. The Morgan fingerprint density at radius 1 is 1.12 bits per heavy atom. The van der Waals surface area contributed by atoms with Gasteiger partial charge in [0.1, 0.15) is 11.4 Å². The number of ether oxygens (including phenoxy) is 1. The molecule has 0 saturated carbocycles. The van der Waals surface area contributed by atoms with Gasteiger partial charge in [0.15, 0.2) is 5.96 Å². The van der Waals surface area contributed by atoms with Crippen LogP contribution in [0.4, 0.5) is 10.6 Å². The molecule has 2 heterocycles. The molecule has 33 heavy (non-hydrogen) atoms. The van der Waals surface area contributed by atoms with Crippen LogP contribution in [0.15, 0.2) is 23.3 Å². The number of pyridine rings is 1. The van der Waals surface area contributed by atoms with Gasteiger partial charge in [-0.3, -0.25) is 0 Å². The number of anilines is 1. The molecule has 1 aliphatic rings. The van der Waals surface area contributed by atoms with Crippen molar-refractivity contribution < 1.29 is 9.53 Å². The lowest BCUT2D eigenvalue weighted by molar-refractivity contribution is 0.0474. The smallest absolute Gasteiger partial charge is 0.408 e. The van der Waals surface area contributed by atoms with Crippen LogP contribution >= 0.6 is 24.0 Å². The Morgan fingerprint density at radius 3 is 2.33 bits per heavy atom. The Balaban J connectivity index is 0.00000544. The van der Waals surface area contributed by atoms with Crippen LogP contribution in [0, 0.1) is 0 Å². The molecule has 0 bridgehead atoms. The highest BCUT2D eigenvalue weighted by Gasteiger charge is 2.24. The van der Waals surface area contributed by atoms with Gasteiger partial charge in [-0.25, -0.2) is 14.8 Å². The van der Waals surface area contributed by atoms with E-state index in [1.807, 2.05) is 47.7 Å². The third-order valence-corrected chi connectivity index (χ3v) is 4.94. The zero-order chi connectivity index (χ0) is 23.8. The average molecular weight is 576 g/mol. The first-order valence-electron chi connectivity index (χ1n) is 11.4. The van der Waals surface area contributed by atoms with Gasteiger partial charge < -0.3 is 30.5 Å². The van der Waals surface area contributed by atoms with Crippen molar-refractivity contribution in [1.82, 2.24) is 25.8 Å². The molecule has 3 N–H and O–H groups in total. The fraction of sp³-hybridized carbons (Fsp3) is 0.696. The molecule has 0 spiro atoms. The van der Waals surface area contributed by atoms with Crippen molar-refractivity contribution in [1.29, 1.82) is 0 Å². The number of halogens is 1. The first kappa shape index (κ1) is 29.2. The van der Waals surface area contributed by atoms with Gasteiger partial charge in [-0.2, -0.15) is 0 Å². The summed E-state index contributed by atoms with van der Waals surface area (Å²) in [5, 5.41) is 9.45. The molecule has 1 aromatic rings. The summed E-state index contributed by atoms with van der Waals surface area (Å²) in [4.78, 5) is 26.0. The van der Waals surface area contributed by atoms with Gasteiger partial charge in [0.2, 0.25) is 0 Å². The molecule has 2 rings (SSSR count). The molecule has 0 unspecified atom stereocenters. The van der Waals surface area contributed by atoms with Crippen molar-refractivity contribution in [2.75, 3.05) is 51.2 Å². The van der Waals surface area contributed by atoms with Gasteiger partial charge in [-0.15, -0.1) is 24.0 Å². The maximum atomic E-state index is 12.1. The highest BCUT2D eigenvalue weighted by Crippen LogP contribution is 2.14. The first-order valence-corrected chi connectivity index (χ1v) is 11.4. The number of rotatable bonds is 7. The number of carbonyl (C=O) groups is 1. The highest BCUT2D eigenvalue weighted by atomic mass is 127. The van der Waals surface area contributed by atoms with Crippen LogP contribution in [0.3, 0.4) is 0 Å². The van der Waals surface area contributed by atoms with E-state index in [1.54, 1.807) is 0 Å². The highest BCUT2D eigenvalue weighted by molar-refractivity contribution is 14.0. The number of carbonyl (C=O) groups excluding carboxylic acids is 1. The number of piperazine rings is 1. The molecule has 1 saturated heterocycles. The van der Waals surface area contributed by atoms with E-state index >= 15 is 0 Å². The molecular weight excluding hydrogens is 533 g/mol. The van der Waals surface area contributed by atoms with Crippen molar-refractivity contribution in [2.45, 2.75) is 59.2 Å². The second-order valence-electron chi connectivity index (χ2n) is 9.87. The van der Waals surface area contributed by atoms with Gasteiger partial charge in [0.25, 0.3) is 0 Å². The molecule has 10 heteroatoms. The Morgan fingerprint density at radius 2 is 1.79 bits per heavy atom. The molecule has 0 radical (unpaired) electrons. The molecule has 1 fully saturated rings. The lowest BCUT2D eigenvalue weighted by atomic mass is 10.1. The van der Waals surface area contributed by atoms with E-state index in [4.69, 9.17) is 4.74 Å². The maximum absolute atomic E-state index is 12.1. The van der Waals surface area contributed by atoms with E-state index in [2.05, 4.69) is 54.9 Å². The second-order valence-corrected chi connectivity index (χ2v) is 9.87. The molecule has 1 aliphatic heterocycles. The summed E-state index contributed by atoms with van der Waals surface area (Å²) in [7, 11) is 2.15. The third-order valence-electron chi connectivity index (χ3n) is 4.94. The van der Waals surface area contributed by atoms with E-state index < -0.39 is 17.2 Å². The number of nitrogens with one attached hydrogen (secondary N) is 3. The Labute approximate surface area is 216 Å². The van der Waals surface area contributed by atoms with E-state index in [-0.39, 0.29) is 24.0 Å². The summed E-state index contributed by atoms with van der Waals surface area (Å²) < 4.78 is 5.36. The van der Waals surface area contributed by atoms with Gasteiger partial charge in [0.05, 0.1) is 12.1 Å².